The van der Waals surface area contributed by atoms with E-state index in [2.05, 4.69) is 20.3 Å². The topological polar surface area (TPSA) is 105 Å². The average Bonchev–Trinajstić information content (AvgIpc) is 3.32. The molecule has 1 atom stereocenters. The molecule has 0 saturated heterocycles. The SMILES string of the molecule is CCC(Sc1cnc(NC(=O)c2nc(Sc3ccccn3)ccc2Sc2ccc(F)cc2)s1)C(=O)O. The van der Waals surface area contributed by atoms with E-state index in [0.29, 0.717) is 25.7 Å². The highest BCUT2D eigenvalue weighted by Gasteiger charge is 2.20. The Balaban J connectivity index is 1.58. The number of nitrogens with one attached hydrogen (secondary N) is 1. The summed E-state index contributed by atoms with van der Waals surface area (Å²) in [5, 5.41) is 13.1. The van der Waals surface area contributed by atoms with Gasteiger partial charge in [-0.3, -0.25) is 14.9 Å². The molecule has 1 unspecified atom stereocenters. The van der Waals surface area contributed by atoms with Crippen LogP contribution < -0.4 is 5.32 Å². The molecule has 3 heterocycles. The first-order valence-electron chi connectivity index (χ1n) is 10.6. The minimum atomic E-state index is -0.893. The van der Waals surface area contributed by atoms with Gasteiger partial charge in [-0.2, -0.15) is 0 Å². The second-order valence-corrected chi connectivity index (χ2v) is 11.8. The van der Waals surface area contributed by atoms with Crippen molar-refractivity contribution in [2.75, 3.05) is 5.32 Å². The number of halogens is 1. The van der Waals surface area contributed by atoms with Gasteiger partial charge in [0, 0.05) is 16.0 Å². The third-order valence-electron chi connectivity index (χ3n) is 4.55. The largest absolute Gasteiger partial charge is 0.480 e. The molecule has 7 nitrogen and oxygen atoms in total. The molecular formula is C24H19FN4O3S4. The number of carboxylic acids is 1. The van der Waals surface area contributed by atoms with E-state index in [1.807, 2.05) is 18.2 Å². The summed E-state index contributed by atoms with van der Waals surface area (Å²) in [5.41, 5.74) is 0.187. The quantitative estimate of drug-likeness (QED) is 0.209. The monoisotopic (exact) mass is 558 g/mol. The fourth-order valence-corrected chi connectivity index (χ4v) is 6.48. The van der Waals surface area contributed by atoms with Crippen LogP contribution in [0.1, 0.15) is 23.8 Å². The van der Waals surface area contributed by atoms with Crippen LogP contribution in [0.15, 0.2) is 91.0 Å². The van der Waals surface area contributed by atoms with Gasteiger partial charge in [-0.25, -0.2) is 19.3 Å². The number of aromatic nitrogens is 3. The summed E-state index contributed by atoms with van der Waals surface area (Å²) in [4.78, 5) is 39.0. The van der Waals surface area contributed by atoms with Gasteiger partial charge in [-0.1, -0.05) is 59.6 Å². The number of pyridine rings is 2. The van der Waals surface area contributed by atoms with Gasteiger partial charge in [-0.05, 0) is 55.0 Å². The summed E-state index contributed by atoms with van der Waals surface area (Å²) in [6.45, 7) is 1.80. The van der Waals surface area contributed by atoms with Crippen molar-refractivity contribution in [3.63, 3.8) is 0 Å². The number of anilines is 1. The highest BCUT2D eigenvalue weighted by Crippen LogP contribution is 2.35. The van der Waals surface area contributed by atoms with Gasteiger partial charge in [0.1, 0.15) is 26.8 Å². The molecule has 4 rings (SSSR count). The molecule has 12 heteroatoms. The van der Waals surface area contributed by atoms with E-state index in [4.69, 9.17) is 0 Å². The predicted molar refractivity (Wildman–Crippen MR) is 141 cm³/mol. The molecule has 0 radical (unpaired) electrons. The van der Waals surface area contributed by atoms with Crippen molar-refractivity contribution in [1.29, 1.82) is 0 Å². The third-order valence-corrected chi connectivity index (χ3v) is 8.89. The molecule has 0 bridgehead atoms. The van der Waals surface area contributed by atoms with Crippen molar-refractivity contribution >= 4 is 63.6 Å². The van der Waals surface area contributed by atoms with Crippen molar-refractivity contribution in [2.24, 2.45) is 0 Å². The number of nitrogens with zero attached hydrogens (tertiary/aromatic N) is 3. The molecule has 184 valence electrons. The molecule has 0 fully saturated rings. The third kappa shape index (κ3) is 7.06. The maximum absolute atomic E-state index is 13.3. The van der Waals surface area contributed by atoms with Crippen LogP contribution in [-0.4, -0.2) is 37.2 Å². The fraction of sp³-hybridized carbons (Fsp3) is 0.125. The van der Waals surface area contributed by atoms with Crippen molar-refractivity contribution in [3.8, 4) is 0 Å². The Bertz CT molecular complexity index is 1350. The van der Waals surface area contributed by atoms with E-state index in [-0.39, 0.29) is 11.5 Å². The number of rotatable bonds is 10. The molecule has 1 aromatic carbocycles. The van der Waals surface area contributed by atoms with Crippen molar-refractivity contribution in [1.82, 2.24) is 15.0 Å². The maximum atomic E-state index is 13.3. The average molecular weight is 559 g/mol. The number of hydrogen-bond acceptors (Lipinski definition) is 9. The van der Waals surface area contributed by atoms with Crippen molar-refractivity contribution < 1.29 is 19.1 Å². The Morgan fingerprint density at radius 3 is 2.56 bits per heavy atom. The number of amides is 1. The predicted octanol–water partition coefficient (Wildman–Crippen LogP) is 6.58. The fourth-order valence-electron chi connectivity index (χ4n) is 2.85. The van der Waals surface area contributed by atoms with E-state index in [1.54, 1.807) is 43.6 Å². The normalized spacial score (nSPS) is 11.7. The maximum Gasteiger partial charge on any atom is 0.317 e. The lowest BCUT2D eigenvalue weighted by Gasteiger charge is -2.10. The van der Waals surface area contributed by atoms with Gasteiger partial charge >= 0.3 is 5.97 Å². The Kier molecular flexibility index (Phi) is 8.97. The molecule has 0 spiro atoms. The lowest BCUT2D eigenvalue weighted by atomic mass is 10.3. The van der Waals surface area contributed by atoms with Crippen molar-refractivity contribution in [3.05, 3.63) is 78.5 Å². The number of carbonyl (C=O) groups excluding carboxylic acids is 1. The Hall–Kier alpha value is -2.93. The molecule has 4 aromatic rings. The van der Waals surface area contributed by atoms with Gasteiger partial charge in [0.05, 0.1) is 10.4 Å². The van der Waals surface area contributed by atoms with Gasteiger partial charge in [0.25, 0.3) is 5.91 Å². The van der Waals surface area contributed by atoms with E-state index in [1.165, 1.54) is 58.8 Å². The van der Waals surface area contributed by atoms with Crippen LogP contribution in [0.5, 0.6) is 0 Å². The number of thiazole rings is 1. The number of benzene rings is 1. The molecule has 0 aliphatic rings. The molecule has 36 heavy (non-hydrogen) atoms. The lowest BCUT2D eigenvalue weighted by molar-refractivity contribution is -0.136. The Morgan fingerprint density at radius 2 is 1.86 bits per heavy atom. The van der Waals surface area contributed by atoms with Crippen molar-refractivity contribution in [2.45, 2.75) is 42.6 Å². The number of carboxylic acid groups (broad SMARTS) is 1. The van der Waals surface area contributed by atoms with Gasteiger partial charge in [0.2, 0.25) is 0 Å². The number of hydrogen-bond donors (Lipinski definition) is 2. The number of carbonyl (C=O) groups is 2. The highest BCUT2D eigenvalue weighted by molar-refractivity contribution is 8.02. The molecule has 0 saturated carbocycles. The number of aliphatic carboxylic acids is 1. The second kappa shape index (κ2) is 12.3. The summed E-state index contributed by atoms with van der Waals surface area (Å²) < 4.78 is 14.0. The van der Waals surface area contributed by atoms with E-state index >= 15 is 0 Å². The van der Waals surface area contributed by atoms with E-state index in [0.717, 1.165) is 9.92 Å². The van der Waals surface area contributed by atoms with Crippen LogP contribution in [0.25, 0.3) is 0 Å². The first-order valence-corrected chi connectivity index (χ1v) is 13.9. The Morgan fingerprint density at radius 1 is 1.06 bits per heavy atom. The van der Waals surface area contributed by atoms with Crippen LogP contribution >= 0.6 is 46.6 Å². The first kappa shape index (κ1) is 26.1. The lowest BCUT2D eigenvalue weighted by Crippen LogP contribution is -2.15. The van der Waals surface area contributed by atoms with Crippen LogP contribution in [-0.2, 0) is 4.79 Å². The van der Waals surface area contributed by atoms with Crippen LogP contribution in [0, 0.1) is 5.82 Å². The van der Waals surface area contributed by atoms with E-state index < -0.39 is 17.1 Å². The van der Waals surface area contributed by atoms with Crippen LogP contribution in [0.4, 0.5) is 9.52 Å². The summed E-state index contributed by atoms with van der Waals surface area (Å²) >= 11 is 5.02. The zero-order chi connectivity index (χ0) is 25.5. The van der Waals surface area contributed by atoms with Gasteiger partial charge in [0.15, 0.2) is 5.13 Å². The van der Waals surface area contributed by atoms with Gasteiger partial charge in [-0.15, -0.1) is 0 Å². The Labute approximate surface area is 223 Å². The minimum Gasteiger partial charge on any atom is -0.480 e. The molecule has 3 aromatic heterocycles. The van der Waals surface area contributed by atoms with Gasteiger partial charge < -0.3 is 5.11 Å². The summed E-state index contributed by atoms with van der Waals surface area (Å²) in [6, 6.07) is 15.1. The van der Waals surface area contributed by atoms with Crippen LogP contribution in [0.2, 0.25) is 0 Å². The highest BCUT2D eigenvalue weighted by atomic mass is 32.2. The molecule has 2 N–H and O–H groups in total. The minimum absolute atomic E-state index is 0.187. The standard InChI is InChI=1S/C24H19FN4O3S4/c1-2-16(23(31)32)34-20-13-27-24(36-20)29-22(30)21-17(33-15-8-6-14(25)7-9-15)10-11-19(28-21)35-18-5-3-4-12-26-18/h3-13,16H,2H2,1H3,(H,31,32)(H,27,29,30). The number of thioether (sulfide) groups is 1. The molecule has 0 aliphatic heterocycles. The van der Waals surface area contributed by atoms with E-state index in [9.17, 15) is 19.1 Å². The first-order chi connectivity index (χ1) is 17.4. The zero-order valence-electron chi connectivity index (χ0n) is 18.8. The smallest absolute Gasteiger partial charge is 0.317 e. The second-order valence-electron chi connectivity index (χ2n) is 7.11. The molecule has 0 aliphatic carbocycles. The summed E-state index contributed by atoms with van der Waals surface area (Å²) in [5.74, 6) is -1.70. The van der Waals surface area contributed by atoms with Crippen LogP contribution in [0.3, 0.4) is 0 Å². The summed E-state index contributed by atoms with van der Waals surface area (Å²) in [7, 11) is 0. The molecule has 1 amide bonds. The molecular weight excluding hydrogens is 540 g/mol. The summed E-state index contributed by atoms with van der Waals surface area (Å²) in [6.07, 6.45) is 3.69. The zero-order valence-corrected chi connectivity index (χ0v) is 22.0.